The highest BCUT2D eigenvalue weighted by molar-refractivity contribution is 7.89. The van der Waals surface area contributed by atoms with E-state index in [1.165, 1.54) is 6.07 Å². The normalized spacial score (nSPS) is 12.5. The van der Waals surface area contributed by atoms with Crippen LogP contribution in [0, 0.1) is 5.82 Å². The van der Waals surface area contributed by atoms with Crippen LogP contribution in [0.15, 0.2) is 22.7 Å². The van der Waals surface area contributed by atoms with Crippen molar-refractivity contribution in [1.82, 2.24) is 14.9 Å². The lowest BCUT2D eigenvalue weighted by Crippen LogP contribution is -2.25. The van der Waals surface area contributed by atoms with Gasteiger partial charge in [0.2, 0.25) is 15.8 Å². The van der Waals surface area contributed by atoms with Crippen LogP contribution >= 0.6 is 0 Å². The molecule has 0 fully saturated rings. The fourth-order valence-electron chi connectivity index (χ4n) is 1.90. The average molecular weight is 381 g/mol. The molecule has 1 heterocycles. The molecular formula is C14H15F4N3O3S. The zero-order chi connectivity index (χ0) is 18.7. The largest absolute Gasteiger partial charge is 0.471 e. The van der Waals surface area contributed by atoms with Crippen molar-refractivity contribution in [3.8, 4) is 11.4 Å². The predicted octanol–water partition coefficient (Wildman–Crippen LogP) is 3.11. The molecule has 11 heteroatoms. The van der Waals surface area contributed by atoms with Crippen LogP contribution in [0.25, 0.3) is 11.4 Å². The summed E-state index contributed by atoms with van der Waals surface area (Å²) in [5.74, 6) is -3.04. The van der Waals surface area contributed by atoms with Gasteiger partial charge in [-0.1, -0.05) is 24.6 Å². The molecule has 0 aliphatic carbocycles. The fraction of sp³-hybridized carbons (Fsp3) is 0.429. The standard InChI is InChI=1S/C14H15F4N3O3S/c1-2-3-6-25(22,23)19-8-9-4-5-10(11(15)7-9)12-20-13(24-21-12)14(16,17)18/h4-5,7,19H,2-3,6,8H2,1H3. The van der Waals surface area contributed by atoms with E-state index in [2.05, 4.69) is 19.4 Å². The van der Waals surface area contributed by atoms with E-state index in [-0.39, 0.29) is 17.9 Å². The van der Waals surface area contributed by atoms with Crippen LogP contribution in [-0.2, 0) is 22.7 Å². The summed E-state index contributed by atoms with van der Waals surface area (Å²) in [7, 11) is -3.47. The maximum absolute atomic E-state index is 14.1. The summed E-state index contributed by atoms with van der Waals surface area (Å²) in [5, 5.41) is 3.10. The van der Waals surface area contributed by atoms with Gasteiger partial charge < -0.3 is 4.52 Å². The first kappa shape index (κ1) is 19.3. The first-order valence-corrected chi connectivity index (χ1v) is 8.94. The van der Waals surface area contributed by atoms with Crippen molar-refractivity contribution in [2.45, 2.75) is 32.5 Å². The summed E-state index contributed by atoms with van der Waals surface area (Å²) in [6.45, 7) is 1.72. The van der Waals surface area contributed by atoms with Crippen LogP contribution in [0.4, 0.5) is 17.6 Å². The molecule has 0 saturated heterocycles. The number of alkyl halides is 3. The van der Waals surface area contributed by atoms with Gasteiger partial charge in [0.1, 0.15) is 5.82 Å². The van der Waals surface area contributed by atoms with Crippen molar-refractivity contribution in [3.05, 3.63) is 35.5 Å². The Morgan fingerprint density at radius 1 is 1.28 bits per heavy atom. The smallest absolute Gasteiger partial charge is 0.329 e. The molecule has 0 bridgehead atoms. The zero-order valence-corrected chi connectivity index (χ0v) is 13.9. The topological polar surface area (TPSA) is 85.1 Å². The molecule has 2 aromatic rings. The van der Waals surface area contributed by atoms with Crippen LogP contribution in [0.3, 0.4) is 0 Å². The molecule has 2 rings (SSSR count). The number of benzene rings is 1. The van der Waals surface area contributed by atoms with Gasteiger partial charge >= 0.3 is 12.1 Å². The second-order valence-corrected chi connectivity index (χ2v) is 7.16. The number of unbranched alkanes of at least 4 members (excludes halogenated alkanes) is 1. The van der Waals surface area contributed by atoms with Crippen molar-refractivity contribution < 1.29 is 30.5 Å². The Labute approximate surface area is 141 Å². The van der Waals surface area contributed by atoms with Crippen LogP contribution in [0.5, 0.6) is 0 Å². The first-order chi connectivity index (χ1) is 11.6. The molecule has 0 amide bonds. The lowest BCUT2D eigenvalue weighted by Gasteiger charge is -2.07. The number of aromatic nitrogens is 2. The van der Waals surface area contributed by atoms with Gasteiger partial charge in [0.25, 0.3) is 0 Å². The first-order valence-electron chi connectivity index (χ1n) is 7.29. The van der Waals surface area contributed by atoms with Gasteiger partial charge in [0.15, 0.2) is 0 Å². The van der Waals surface area contributed by atoms with E-state index in [0.717, 1.165) is 18.6 Å². The lowest BCUT2D eigenvalue weighted by molar-refractivity contribution is -0.159. The summed E-state index contributed by atoms with van der Waals surface area (Å²) >= 11 is 0. The fourth-order valence-corrected chi connectivity index (χ4v) is 3.10. The lowest BCUT2D eigenvalue weighted by atomic mass is 10.1. The monoisotopic (exact) mass is 381 g/mol. The highest BCUT2D eigenvalue weighted by Gasteiger charge is 2.38. The molecule has 138 valence electrons. The molecule has 25 heavy (non-hydrogen) atoms. The number of sulfonamides is 1. The molecule has 1 N–H and O–H groups in total. The van der Waals surface area contributed by atoms with Gasteiger partial charge in [-0.3, -0.25) is 0 Å². The number of rotatable bonds is 7. The van der Waals surface area contributed by atoms with E-state index in [4.69, 9.17) is 0 Å². The number of hydrogen-bond acceptors (Lipinski definition) is 5. The van der Waals surface area contributed by atoms with E-state index in [0.29, 0.717) is 12.0 Å². The molecular weight excluding hydrogens is 366 g/mol. The number of nitrogens with zero attached hydrogens (tertiary/aromatic N) is 2. The molecule has 1 aromatic carbocycles. The van der Waals surface area contributed by atoms with Crippen molar-refractivity contribution in [3.63, 3.8) is 0 Å². The number of nitrogens with one attached hydrogen (secondary N) is 1. The van der Waals surface area contributed by atoms with Crippen LogP contribution in [-0.4, -0.2) is 24.3 Å². The second-order valence-electron chi connectivity index (χ2n) is 5.23. The molecule has 0 spiro atoms. The van der Waals surface area contributed by atoms with Gasteiger partial charge in [0.05, 0.1) is 11.3 Å². The number of hydrogen-bond donors (Lipinski definition) is 1. The third-order valence-electron chi connectivity index (χ3n) is 3.21. The molecule has 0 unspecified atom stereocenters. The maximum Gasteiger partial charge on any atom is 0.471 e. The van der Waals surface area contributed by atoms with Gasteiger partial charge in [-0.2, -0.15) is 18.2 Å². The molecule has 6 nitrogen and oxygen atoms in total. The van der Waals surface area contributed by atoms with Crippen molar-refractivity contribution in [2.75, 3.05) is 5.75 Å². The summed E-state index contributed by atoms with van der Waals surface area (Å²) in [4.78, 5) is 3.11. The second kappa shape index (κ2) is 7.48. The minimum atomic E-state index is -4.82. The summed E-state index contributed by atoms with van der Waals surface area (Å²) in [6, 6.07) is 3.53. The Hall–Kier alpha value is -2.01. The molecule has 0 saturated carbocycles. The molecule has 0 aliphatic heterocycles. The van der Waals surface area contributed by atoms with Gasteiger partial charge in [-0.15, -0.1) is 0 Å². The molecule has 0 radical (unpaired) electrons. The zero-order valence-electron chi connectivity index (χ0n) is 13.1. The Bertz CT molecular complexity index is 834. The van der Waals surface area contributed by atoms with Gasteiger partial charge in [0, 0.05) is 6.54 Å². The highest BCUT2D eigenvalue weighted by Crippen LogP contribution is 2.30. The summed E-state index contributed by atoms with van der Waals surface area (Å²) in [5.41, 5.74) is 0.0257. The Morgan fingerprint density at radius 3 is 2.56 bits per heavy atom. The van der Waals surface area contributed by atoms with Crippen molar-refractivity contribution in [1.29, 1.82) is 0 Å². The molecule has 1 aromatic heterocycles. The van der Waals surface area contributed by atoms with E-state index < -0.39 is 33.7 Å². The molecule has 0 atom stereocenters. The Morgan fingerprint density at radius 2 is 2.00 bits per heavy atom. The third-order valence-corrected chi connectivity index (χ3v) is 4.62. The van der Waals surface area contributed by atoms with Crippen LogP contribution in [0.1, 0.15) is 31.2 Å². The summed E-state index contributed by atoms with van der Waals surface area (Å²) in [6.07, 6.45) is -3.60. The highest BCUT2D eigenvalue weighted by atomic mass is 32.2. The molecule has 0 aliphatic rings. The quantitative estimate of drug-likeness (QED) is 0.745. The predicted molar refractivity (Wildman–Crippen MR) is 80.2 cm³/mol. The average Bonchev–Trinajstić information content (AvgIpc) is 3.01. The van der Waals surface area contributed by atoms with Crippen LogP contribution < -0.4 is 4.72 Å². The Kier molecular flexibility index (Phi) is 5.78. The Balaban J connectivity index is 2.12. The third kappa shape index (κ3) is 5.23. The minimum Gasteiger partial charge on any atom is -0.329 e. The van der Waals surface area contributed by atoms with Crippen molar-refractivity contribution >= 4 is 10.0 Å². The van der Waals surface area contributed by atoms with Gasteiger partial charge in [-0.25, -0.2) is 17.5 Å². The van der Waals surface area contributed by atoms with E-state index in [1.807, 2.05) is 6.92 Å². The number of halogens is 4. The van der Waals surface area contributed by atoms with E-state index in [1.54, 1.807) is 0 Å². The van der Waals surface area contributed by atoms with Crippen LogP contribution in [0.2, 0.25) is 0 Å². The van der Waals surface area contributed by atoms with Crippen molar-refractivity contribution in [2.24, 2.45) is 0 Å². The minimum absolute atomic E-state index is 0.0346. The van der Waals surface area contributed by atoms with E-state index >= 15 is 0 Å². The summed E-state index contributed by atoms with van der Waals surface area (Å²) < 4.78 is 81.1. The SMILES string of the molecule is CCCCS(=O)(=O)NCc1ccc(-c2noc(C(F)(F)F)n2)c(F)c1. The van der Waals surface area contributed by atoms with E-state index in [9.17, 15) is 26.0 Å². The maximum atomic E-state index is 14.1. The van der Waals surface area contributed by atoms with Gasteiger partial charge in [-0.05, 0) is 24.1 Å².